The molecule has 130 valence electrons. The zero-order chi connectivity index (χ0) is 17.9. The van der Waals surface area contributed by atoms with Gasteiger partial charge in [0.05, 0.1) is 23.4 Å². The smallest absolute Gasteiger partial charge is 0.338 e. The van der Waals surface area contributed by atoms with E-state index >= 15 is 0 Å². The number of nitrogens with zero attached hydrogens (tertiary/aromatic N) is 2. The van der Waals surface area contributed by atoms with Gasteiger partial charge in [-0.3, -0.25) is 4.84 Å². The molecule has 1 aromatic carbocycles. The number of rotatable bonds is 6. The fourth-order valence-corrected chi connectivity index (χ4v) is 3.24. The second kappa shape index (κ2) is 7.31. The second-order valence-electron chi connectivity index (χ2n) is 4.75. The number of aromatic nitrogens is 1. The van der Waals surface area contributed by atoms with Gasteiger partial charge in [0.25, 0.3) is 10.0 Å². The van der Waals surface area contributed by atoms with Crippen molar-refractivity contribution in [1.29, 1.82) is 0 Å². The van der Waals surface area contributed by atoms with Crippen molar-refractivity contribution in [3.8, 4) is 0 Å². The Hall–Kier alpha value is -1.94. The van der Waals surface area contributed by atoms with Crippen LogP contribution in [0.3, 0.4) is 0 Å². The third-order valence-corrected chi connectivity index (χ3v) is 5.22. The summed E-state index contributed by atoms with van der Waals surface area (Å²) in [5.74, 6) is -0.348. The van der Waals surface area contributed by atoms with E-state index in [0.29, 0.717) is 15.9 Å². The Morgan fingerprint density at radius 3 is 2.67 bits per heavy atom. The summed E-state index contributed by atoms with van der Waals surface area (Å²) < 4.78 is 35.2. The minimum Gasteiger partial charge on any atom is -0.454 e. The Morgan fingerprint density at radius 2 is 2.08 bits per heavy atom. The molecule has 24 heavy (non-hydrogen) atoms. The number of ether oxygens (including phenoxy) is 1. The molecule has 0 atom stereocenters. The normalized spacial score (nSPS) is 11.7. The van der Waals surface area contributed by atoms with E-state index in [9.17, 15) is 13.2 Å². The Kier molecular flexibility index (Phi) is 5.60. The summed E-state index contributed by atoms with van der Waals surface area (Å²) in [5, 5.41) is 3.63. The van der Waals surface area contributed by atoms with Crippen LogP contribution in [0.5, 0.6) is 0 Å². The number of benzene rings is 1. The van der Waals surface area contributed by atoms with Crippen LogP contribution < -0.4 is 0 Å². The number of aryl methyl sites for hydroxylation is 1. The van der Waals surface area contributed by atoms with Crippen molar-refractivity contribution < 1.29 is 27.3 Å². The fraction of sp³-hybridized carbons (Fsp3) is 0.286. The van der Waals surface area contributed by atoms with Crippen molar-refractivity contribution in [2.24, 2.45) is 0 Å². The van der Waals surface area contributed by atoms with Gasteiger partial charge in [0, 0.05) is 13.1 Å². The highest BCUT2D eigenvalue weighted by Gasteiger charge is 2.25. The molecule has 0 aliphatic heterocycles. The van der Waals surface area contributed by atoms with Crippen LogP contribution in [0.25, 0.3) is 0 Å². The van der Waals surface area contributed by atoms with E-state index in [1.807, 2.05) is 0 Å². The summed E-state index contributed by atoms with van der Waals surface area (Å²) in [6.07, 6.45) is 0. The van der Waals surface area contributed by atoms with E-state index in [0.717, 1.165) is 6.07 Å². The zero-order valence-corrected chi connectivity index (χ0v) is 14.7. The minimum atomic E-state index is -4.00. The van der Waals surface area contributed by atoms with E-state index in [1.165, 1.54) is 26.3 Å². The molecule has 0 bridgehead atoms. The maximum absolute atomic E-state index is 12.3. The van der Waals surface area contributed by atoms with E-state index in [-0.39, 0.29) is 22.1 Å². The van der Waals surface area contributed by atoms with Gasteiger partial charge in [0.15, 0.2) is 12.4 Å². The first kappa shape index (κ1) is 18.4. The summed E-state index contributed by atoms with van der Waals surface area (Å²) >= 11 is 5.93. The maximum atomic E-state index is 12.3. The van der Waals surface area contributed by atoms with Gasteiger partial charge in [-0.05, 0) is 25.1 Å². The van der Waals surface area contributed by atoms with Gasteiger partial charge in [-0.25, -0.2) is 13.2 Å². The summed E-state index contributed by atoms with van der Waals surface area (Å²) in [4.78, 5) is 16.5. The van der Waals surface area contributed by atoms with Crippen LogP contribution in [-0.2, 0) is 26.2 Å². The molecule has 1 aromatic heterocycles. The van der Waals surface area contributed by atoms with Gasteiger partial charge in [-0.1, -0.05) is 21.2 Å². The predicted molar refractivity (Wildman–Crippen MR) is 83.8 cm³/mol. The number of sulfonamides is 1. The molecule has 10 heteroatoms. The number of carbonyl (C=O) groups is 1. The zero-order valence-electron chi connectivity index (χ0n) is 13.1. The van der Waals surface area contributed by atoms with Gasteiger partial charge >= 0.3 is 5.97 Å². The quantitative estimate of drug-likeness (QED) is 0.564. The lowest BCUT2D eigenvalue weighted by atomic mass is 10.2. The van der Waals surface area contributed by atoms with E-state index in [4.69, 9.17) is 20.9 Å². The molecule has 0 saturated heterocycles. The van der Waals surface area contributed by atoms with Crippen molar-refractivity contribution in [2.75, 3.05) is 14.2 Å². The topological polar surface area (TPSA) is 98.9 Å². The van der Waals surface area contributed by atoms with Gasteiger partial charge < -0.3 is 9.26 Å². The van der Waals surface area contributed by atoms with Gasteiger partial charge in [0.2, 0.25) is 0 Å². The molecule has 0 aliphatic rings. The second-order valence-corrected chi connectivity index (χ2v) is 7.06. The standard InChI is InChI=1S/C14H15ClN2O6S/c1-9-6-11(23-16-9)8-22-14(18)10-4-5-12(15)13(7-10)24(19,20)17(2)21-3/h4-7H,8H2,1-3H3. The molecule has 1 heterocycles. The van der Waals surface area contributed by atoms with Crippen molar-refractivity contribution in [2.45, 2.75) is 18.4 Å². The molecule has 0 radical (unpaired) electrons. The molecule has 0 aliphatic carbocycles. The highest BCUT2D eigenvalue weighted by atomic mass is 35.5. The lowest BCUT2D eigenvalue weighted by molar-refractivity contribution is -0.0258. The first-order chi connectivity index (χ1) is 11.3. The Balaban J connectivity index is 2.22. The van der Waals surface area contributed by atoms with Crippen LogP contribution >= 0.6 is 11.6 Å². The lowest BCUT2D eigenvalue weighted by Crippen LogP contribution is -2.26. The molecule has 0 fully saturated rings. The average molecular weight is 375 g/mol. The van der Waals surface area contributed by atoms with E-state index in [1.54, 1.807) is 13.0 Å². The Labute approximate surface area is 143 Å². The van der Waals surface area contributed by atoms with Crippen LogP contribution in [0.1, 0.15) is 21.8 Å². The van der Waals surface area contributed by atoms with Crippen molar-refractivity contribution in [3.05, 3.63) is 46.3 Å². The van der Waals surface area contributed by atoms with Gasteiger partial charge in [0.1, 0.15) is 4.90 Å². The number of esters is 1. The highest BCUT2D eigenvalue weighted by Crippen LogP contribution is 2.25. The highest BCUT2D eigenvalue weighted by molar-refractivity contribution is 7.89. The molecule has 0 spiro atoms. The largest absolute Gasteiger partial charge is 0.454 e. The van der Waals surface area contributed by atoms with Crippen LogP contribution in [0.2, 0.25) is 5.02 Å². The minimum absolute atomic E-state index is 0.0266. The van der Waals surface area contributed by atoms with Crippen molar-refractivity contribution in [3.63, 3.8) is 0 Å². The predicted octanol–water partition coefficient (Wildman–Crippen LogP) is 2.18. The third kappa shape index (κ3) is 3.93. The van der Waals surface area contributed by atoms with Crippen LogP contribution in [0.15, 0.2) is 33.7 Å². The van der Waals surface area contributed by atoms with E-state index in [2.05, 4.69) is 9.99 Å². The van der Waals surface area contributed by atoms with E-state index < -0.39 is 16.0 Å². The monoisotopic (exact) mass is 374 g/mol. The van der Waals surface area contributed by atoms with Crippen molar-refractivity contribution in [1.82, 2.24) is 9.63 Å². The summed E-state index contributed by atoms with van der Waals surface area (Å²) in [6.45, 7) is 1.61. The number of hydrogen-bond donors (Lipinski definition) is 0. The maximum Gasteiger partial charge on any atom is 0.338 e. The van der Waals surface area contributed by atoms with Crippen LogP contribution in [0.4, 0.5) is 0 Å². The molecule has 0 saturated carbocycles. The summed E-state index contributed by atoms with van der Waals surface area (Å²) in [5.41, 5.74) is 0.683. The molecule has 0 N–H and O–H groups in total. The first-order valence-corrected chi connectivity index (χ1v) is 8.49. The number of hydroxylamine groups is 1. The van der Waals surface area contributed by atoms with Crippen LogP contribution in [-0.4, -0.2) is 38.2 Å². The fourth-order valence-electron chi connectivity index (χ4n) is 1.77. The molecule has 2 rings (SSSR count). The van der Waals surface area contributed by atoms with Crippen LogP contribution in [0, 0.1) is 6.92 Å². The Morgan fingerprint density at radius 1 is 1.38 bits per heavy atom. The molecule has 0 unspecified atom stereocenters. The molecule has 0 amide bonds. The number of halogens is 1. The molecule has 2 aromatic rings. The number of carbonyl (C=O) groups excluding carboxylic acids is 1. The molecular weight excluding hydrogens is 360 g/mol. The average Bonchev–Trinajstić information content (AvgIpc) is 2.97. The first-order valence-electron chi connectivity index (χ1n) is 6.67. The van der Waals surface area contributed by atoms with Gasteiger partial charge in [-0.2, -0.15) is 0 Å². The summed E-state index contributed by atoms with van der Waals surface area (Å²) in [6, 6.07) is 5.41. The SMILES string of the molecule is CON(C)S(=O)(=O)c1cc(C(=O)OCc2cc(C)no2)ccc1Cl. The van der Waals surface area contributed by atoms with Gasteiger partial charge in [-0.15, -0.1) is 0 Å². The summed E-state index contributed by atoms with van der Waals surface area (Å²) in [7, 11) is -1.59. The lowest BCUT2D eigenvalue weighted by Gasteiger charge is -2.15. The number of hydrogen-bond acceptors (Lipinski definition) is 7. The molecular formula is C14H15ClN2O6S. The Bertz CT molecular complexity index is 849. The third-order valence-electron chi connectivity index (χ3n) is 3.06. The molecule has 8 nitrogen and oxygen atoms in total. The van der Waals surface area contributed by atoms with Crippen molar-refractivity contribution >= 4 is 27.6 Å².